The maximum atomic E-state index is 11.4. The number of H-pyrrole nitrogens is 1. The minimum Gasteiger partial charge on any atom is -0.361 e. The zero-order chi connectivity index (χ0) is 11.8. The lowest BCUT2D eigenvalue weighted by Gasteiger charge is -2.05. The molecule has 0 spiro atoms. The van der Waals surface area contributed by atoms with Crippen LogP contribution in [0.15, 0.2) is 24.7 Å². The minimum atomic E-state index is -0.498. The Morgan fingerprint density at radius 1 is 1.35 bits per heavy atom. The molecule has 3 amide bonds. The molecule has 2 aromatic rings. The van der Waals surface area contributed by atoms with Crippen LogP contribution in [0.2, 0.25) is 0 Å². The lowest BCUT2D eigenvalue weighted by molar-refractivity contribution is -0.120. The Kier molecular flexibility index (Phi) is 2.07. The average Bonchev–Trinajstić information content (AvgIpc) is 2.85. The summed E-state index contributed by atoms with van der Waals surface area (Å²) in [5.41, 5.74) is 1.94. The van der Waals surface area contributed by atoms with Gasteiger partial charge in [-0.2, -0.15) is 0 Å². The van der Waals surface area contributed by atoms with Gasteiger partial charge in [-0.05, 0) is 11.6 Å². The highest BCUT2D eigenvalue weighted by Gasteiger charge is 2.29. The smallest absolute Gasteiger partial charge is 0.322 e. The molecule has 3 heterocycles. The Hall–Kier alpha value is -2.37. The van der Waals surface area contributed by atoms with Gasteiger partial charge in [0.1, 0.15) is 6.04 Å². The molecule has 2 aromatic heterocycles. The van der Waals surface area contributed by atoms with Gasteiger partial charge in [-0.1, -0.05) is 0 Å². The van der Waals surface area contributed by atoms with Crippen molar-refractivity contribution in [3.05, 3.63) is 30.2 Å². The van der Waals surface area contributed by atoms with Gasteiger partial charge in [-0.15, -0.1) is 0 Å². The van der Waals surface area contributed by atoms with E-state index in [0.717, 1.165) is 16.5 Å². The molecule has 1 atom stereocenters. The lowest BCUT2D eigenvalue weighted by Crippen LogP contribution is -2.30. The second-order valence-corrected chi connectivity index (χ2v) is 3.95. The Balaban J connectivity index is 1.90. The van der Waals surface area contributed by atoms with E-state index in [1.807, 2.05) is 12.3 Å². The quantitative estimate of drug-likeness (QED) is 0.649. The number of nitrogens with one attached hydrogen (secondary N) is 3. The van der Waals surface area contributed by atoms with E-state index < -0.39 is 12.1 Å². The third-order valence-electron chi connectivity index (χ3n) is 2.85. The number of pyridine rings is 1. The molecule has 3 N–H and O–H groups in total. The van der Waals surface area contributed by atoms with E-state index in [2.05, 4.69) is 20.6 Å². The van der Waals surface area contributed by atoms with Crippen LogP contribution in [0.25, 0.3) is 10.9 Å². The number of rotatable bonds is 2. The first-order valence-corrected chi connectivity index (χ1v) is 5.25. The molecule has 3 rings (SSSR count). The van der Waals surface area contributed by atoms with Gasteiger partial charge in [-0.3, -0.25) is 15.1 Å². The SMILES string of the molecule is O=C1NC(=O)C(Cc2c[nH]c3ccncc23)N1. The second-order valence-electron chi connectivity index (χ2n) is 3.95. The van der Waals surface area contributed by atoms with E-state index in [1.165, 1.54) is 0 Å². The zero-order valence-electron chi connectivity index (χ0n) is 8.86. The third kappa shape index (κ3) is 1.63. The summed E-state index contributed by atoms with van der Waals surface area (Å²) < 4.78 is 0. The number of hydrogen-bond acceptors (Lipinski definition) is 3. The molecule has 86 valence electrons. The van der Waals surface area contributed by atoms with Crippen LogP contribution in [0.1, 0.15) is 5.56 Å². The van der Waals surface area contributed by atoms with Crippen molar-refractivity contribution in [1.82, 2.24) is 20.6 Å². The fraction of sp³-hybridized carbons (Fsp3) is 0.182. The van der Waals surface area contributed by atoms with Crippen LogP contribution in [0, 0.1) is 0 Å². The summed E-state index contributed by atoms with van der Waals surface area (Å²) in [6.07, 6.45) is 5.75. The number of aromatic nitrogens is 2. The van der Waals surface area contributed by atoms with Crippen molar-refractivity contribution in [2.45, 2.75) is 12.5 Å². The molecule has 0 aliphatic carbocycles. The predicted molar refractivity (Wildman–Crippen MR) is 60.3 cm³/mol. The van der Waals surface area contributed by atoms with Crippen molar-refractivity contribution in [3.8, 4) is 0 Å². The number of aromatic amines is 1. The molecular weight excluding hydrogens is 220 g/mol. The second kappa shape index (κ2) is 3.58. The van der Waals surface area contributed by atoms with E-state index >= 15 is 0 Å². The highest BCUT2D eigenvalue weighted by Crippen LogP contribution is 2.18. The maximum absolute atomic E-state index is 11.4. The van der Waals surface area contributed by atoms with Crippen LogP contribution in [0.3, 0.4) is 0 Å². The monoisotopic (exact) mass is 230 g/mol. The van der Waals surface area contributed by atoms with Gasteiger partial charge in [0.05, 0.1) is 0 Å². The van der Waals surface area contributed by atoms with Gasteiger partial charge in [0.25, 0.3) is 5.91 Å². The maximum Gasteiger partial charge on any atom is 0.322 e. The summed E-state index contributed by atoms with van der Waals surface area (Å²) in [6.45, 7) is 0. The molecule has 1 unspecified atom stereocenters. The van der Waals surface area contributed by atoms with Gasteiger partial charge < -0.3 is 10.3 Å². The normalized spacial score (nSPS) is 19.4. The van der Waals surface area contributed by atoms with Crippen LogP contribution in [-0.4, -0.2) is 27.9 Å². The molecular formula is C11H10N4O2. The third-order valence-corrected chi connectivity index (χ3v) is 2.85. The average molecular weight is 230 g/mol. The number of carbonyl (C=O) groups excluding carboxylic acids is 2. The molecule has 0 bridgehead atoms. The number of hydrogen-bond donors (Lipinski definition) is 3. The zero-order valence-corrected chi connectivity index (χ0v) is 8.86. The minimum absolute atomic E-state index is 0.284. The molecule has 6 heteroatoms. The summed E-state index contributed by atoms with van der Waals surface area (Å²) in [5.74, 6) is -0.284. The first kappa shape index (κ1) is 9.83. The fourth-order valence-electron chi connectivity index (χ4n) is 2.01. The first-order chi connectivity index (χ1) is 8.24. The molecule has 1 aliphatic rings. The molecule has 6 nitrogen and oxygen atoms in total. The summed E-state index contributed by atoms with van der Waals surface area (Å²) in [5, 5.41) is 5.76. The molecule has 17 heavy (non-hydrogen) atoms. The molecule has 0 saturated carbocycles. The largest absolute Gasteiger partial charge is 0.361 e. The summed E-state index contributed by atoms with van der Waals surface area (Å²) in [4.78, 5) is 29.6. The lowest BCUT2D eigenvalue weighted by atomic mass is 10.1. The predicted octanol–water partition coefficient (Wildman–Crippen LogP) is 0.313. The number of urea groups is 1. The standard InChI is InChI=1S/C11H10N4O2/c16-10-9(14-11(17)15-10)3-6-4-13-8-1-2-12-5-7(6)8/h1-2,4-5,9,13H,3H2,(H2,14,15,16,17). The van der Waals surface area contributed by atoms with Crippen LogP contribution in [0.4, 0.5) is 4.79 Å². The van der Waals surface area contributed by atoms with Gasteiger partial charge >= 0.3 is 6.03 Å². The Labute approximate surface area is 96.4 Å². The molecule has 1 saturated heterocycles. The van der Waals surface area contributed by atoms with Crippen molar-refractivity contribution >= 4 is 22.8 Å². The molecule has 1 fully saturated rings. The van der Waals surface area contributed by atoms with Crippen LogP contribution in [0.5, 0.6) is 0 Å². The van der Waals surface area contributed by atoms with Crippen LogP contribution < -0.4 is 10.6 Å². The fourth-order valence-corrected chi connectivity index (χ4v) is 2.01. The molecule has 0 radical (unpaired) electrons. The van der Waals surface area contributed by atoms with Gasteiger partial charge in [0.2, 0.25) is 0 Å². The summed E-state index contributed by atoms with van der Waals surface area (Å²) in [7, 11) is 0. The Bertz CT molecular complexity index is 604. The number of carbonyl (C=O) groups is 2. The number of imide groups is 1. The van der Waals surface area contributed by atoms with E-state index in [0.29, 0.717) is 6.42 Å². The van der Waals surface area contributed by atoms with Gasteiger partial charge in [0, 0.05) is 35.9 Å². The van der Waals surface area contributed by atoms with E-state index in [4.69, 9.17) is 0 Å². The van der Waals surface area contributed by atoms with Gasteiger partial charge in [0.15, 0.2) is 0 Å². The summed E-state index contributed by atoms with van der Waals surface area (Å²) >= 11 is 0. The number of nitrogens with zero attached hydrogens (tertiary/aromatic N) is 1. The summed E-state index contributed by atoms with van der Waals surface area (Å²) in [6, 6.07) is 0.936. The van der Waals surface area contributed by atoms with Gasteiger partial charge in [-0.25, -0.2) is 4.79 Å². The van der Waals surface area contributed by atoms with Crippen molar-refractivity contribution in [2.24, 2.45) is 0 Å². The van der Waals surface area contributed by atoms with Crippen LogP contribution in [-0.2, 0) is 11.2 Å². The van der Waals surface area contributed by atoms with Crippen molar-refractivity contribution in [1.29, 1.82) is 0 Å². The molecule has 0 aromatic carbocycles. The highest BCUT2D eigenvalue weighted by molar-refractivity contribution is 6.04. The number of fused-ring (bicyclic) bond motifs is 1. The van der Waals surface area contributed by atoms with E-state index in [1.54, 1.807) is 12.4 Å². The van der Waals surface area contributed by atoms with E-state index in [9.17, 15) is 9.59 Å². The van der Waals surface area contributed by atoms with Crippen molar-refractivity contribution < 1.29 is 9.59 Å². The Morgan fingerprint density at radius 3 is 3.00 bits per heavy atom. The van der Waals surface area contributed by atoms with Crippen molar-refractivity contribution in [2.75, 3.05) is 0 Å². The Morgan fingerprint density at radius 2 is 2.24 bits per heavy atom. The first-order valence-electron chi connectivity index (χ1n) is 5.25. The molecule has 1 aliphatic heterocycles. The van der Waals surface area contributed by atoms with Crippen LogP contribution >= 0.6 is 0 Å². The topological polar surface area (TPSA) is 86.9 Å². The van der Waals surface area contributed by atoms with Crippen molar-refractivity contribution in [3.63, 3.8) is 0 Å². The highest BCUT2D eigenvalue weighted by atomic mass is 16.2. The van der Waals surface area contributed by atoms with E-state index in [-0.39, 0.29) is 5.91 Å². The number of amides is 3.